The summed E-state index contributed by atoms with van der Waals surface area (Å²) in [5.41, 5.74) is 1.23. The standard InChI is InChI=1S/C23H22Cl2N2O4S/c1-15(19-6-4-5-7-21(19)24)26-23(28)20-14-18(12-13-22(20)25)32(29,30)27(2)16-8-10-17(31-3)11-9-16/h4-15H,1-3H3,(H,26,28). The summed E-state index contributed by atoms with van der Waals surface area (Å²) < 4.78 is 32.6. The number of anilines is 1. The number of nitrogens with zero attached hydrogens (tertiary/aromatic N) is 1. The Balaban J connectivity index is 1.88. The number of rotatable bonds is 7. The Morgan fingerprint density at radius 1 is 1.00 bits per heavy atom. The molecule has 0 aliphatic rings. The summed E-state index contributed by atoms with van der Waals surface area (Å²) in [6.07, 6.45) is 0. The fourth-order valence-electron chi connectivity index (χ4n) is 3.11. The van der Waals surface area contributed by atoms with E-state index < -0.39 is 22.0 Å². The number of sulfonamides is 1. The third-order valence-electron chi connectivity index (χ3n) is 5.00. The predicted molar refractivity (Wildman–Crippen MR) is 127 cm³/mol. The van der Waals surface area contributed by atoms with Crippen molar-refractivity contribution in [3.05, 3.63) is 87.9 Å². The van der Waals surface area contributed by atoms with Gasteiger partial charge in [-0.1, -0.05) is 41.4 Å². The van der Waals surface area contributed by atoms with Gasteiger partial charge in [0.15, 0.2) is 0 Å². The lowest BCUT2D eigenvalue weighted by Crippen LogP contribution is -2.29. The molecule has 9 heteroatoms. The van der Waals surface area contributed by atoms with Crippen LogP contribution >= 0.6 is 23.2 Å². The number of hydrogen-bond acceptors (Lipinski definition) is 4. The second-order valence-corrected chi connectivity index (χ2v) is 9.81. The van der Waals surface area contributed by atoms with Crippen LogP contribution in [0.3, 0.4) is 0 Å². The Hall–Kier alpha value is -2.74. The van der Waals surface area contributed by atoms with Crippen LogP contribution in [0.4, 0.5) is 5.69 Å². The lowest BCUT2D eigenvalue weighted by Gasteiger charge is -2.21. The van der Waals surface area contributed by atoms with Gasteiger partial charge in [-0.25, -0.2) is 8.42 Å². The first-order valence-electron chi connectivity index (χ1n) is 9.63. The van der Waals surface area contributed by atoms with Gasteiger partial charge >= 0.3 is 0 Å². The molecule has 1 amide bonds. The number of halogens is 2. The summed E-state index contributed by atoms with van der Waals surface area (Å²) in [6.45, 7) is 1.78. The molecule has 1 atom stereocenters. The van der Waals surface area contributed by atoms with Crippen LogP contribution in [-0.2, 0) is 10.0 Å². The van der Waals surface area contributed by atoms with Crippen LogP contribution in [-0.4, -0.2) is 28.5 Å². The first kappa shape index (κ1) is 23.9. The highest BCUT2D eigenvalue weighted by Crippen LogP contribution is 2.28. The fourth-order valence-corrected chi connectivity index (χ4v) is 4.83. The maximum atomic E-state index is 13.2. The van der Waals surface area contributed by atoms with Crippen molar-refractivity contribution in [1.29, 1.82) is 0 Å². The minimum Gasteiger partial charge on any atom is -0.497 e. The van der Waals surface area contributed by atoms with E-state index in [0.717, 1.165) is 9.87 Å². The van der Waals surface area contributed by atoms with Crippen LogP contribution in [0, 0.1) is 0 Å². The molecule has 0 aromatic heterocycles. The molecular formula is C23H22Cl2N2O4S. The molecule has 0 saturated carbocycles. The summed E-state index contributed by atoms with van der Waals surface area (Å²) in [6, 6.07) is 17.4. The molecule has 168 valence electrons. The summed E-state index contributed by atoms with van der Waals surface area (Å²) in [7, 11) is -0.973. The van der Waals surface area contributed by atoms with E-state index in [1.807, 2.05) is 6.07 Å². The fraction of sp³-hybridized carbons (Fsp3) is 0.174. The zero-order chi connectivity index (χ0) is 23.5. The quantitative estimate of drug-likeness (QED) is 0.484. The molecule has 0 aliphatic carbocycles. The van der Waals surface area contributed by atoms with Crippen molar-refractivity contribution in [2.75, 3.05) is 18.5 Å². The number of carbonyl (C=O) groups is 1. The number of amides is 1. The average Bonchev–Trinajstić information content (AvgIpc) is 2.78. The molecular weight excluding hydrogens is 471 g/mol. The van der Waals surface area contributed by atoms with E-state index in [2.05, 4.69) is 5.32 Å². The highest BCUT2D eigenvalue weighted by Gasteiger charge is 2.24. The molecule has 0 saturated heterocycles. The maximum absolute atomic E-state index is 13.2. The van der Waals surface area contributed by atoms with Crippen LogP contribution in [0.15, 0.2) is 71.6 Å². The Morgan fingerprint density at radius 3 is 2.28 bits per heavy atom. The number of methoxy groups -OCH3 is 1. The number of carbonyl (C=O) groups excluding carboxylic acids is 1. The molecule has 0 radical (unpaired) electrons. The zero-order valence-corrected chi connectivity index (χ0v) is 20.0. The third-order valence-corrected chi connectivity index (χ3v) is 7.45. The van der Waals surface area contributed by atoms with Crippen molar-refractivity contribution < 1.29 is 17.9 Å². The lowest BCUT2D eigenvalue weighted by atomic mass is 10.1. The number of nitrogens with one attached hydrogen (secondary N) is 1. The number of ether oxygens (including phenoxy) is 1. The van der Waals surface area contributed by atoms with Gasteiger partial charge in [-0.15, -0.1) is 0 Å². The Morgan fingerprint density at radius 2 is 1.66 bits per heavy atom. The summed E-state index contributed by atoms with van der Waals surface area (Å²) in [4.78, 5) is 12.8. The van der Waals surface area contributed by atoms with Crippen LogP contribution in [0.25, 0.3) is 0 Å². The van der Waals surface area contributed by atoms with Gasteiger partial charge in [-0.05, 0) is 61.0 Å². The van der Waals surface area contributed by atoms with E-state index in [-0.39, 0.29) is 15.5 Å². The molecule has 0 bridgehead atoms. The Labute approximate surface area is 197 Å². The van der Waals surface area contributed by atoms with Gasteiger partial charge in [0, 0.05) is 12.1 Å². The van der Waals surface area contributed by atoms with Gasteiger partial charge < -0.3 is 10.1 Å². The Kier molecular flexibility index (Phi) is 7.33. The van der Waals surface area contributed by atoms with E-state index >= 15 is 0 Å². The van der Waals surface area contributed by atoms with Gasteiger partial charge in [0.2, 0.25) is 0 Å². The molecule has 0 spiro atoms. The van der Waals surface area contributed by atoms with E-state index in [9.17, 15) is 13.2 Å². The van der Waals surface area contributed by atoms with E-state index in [1.165, 1.54) is 32.4 Å². The van der Waals surface area contributed by atoms with Crippen molar-refractivity contribution in [3.8, 4) is 5.75 Å². The molecule has 3 aromatic rings. The molecule has 1 N–H and O–H groups in total. The molecule has 0 fully saturated rings. The summed E-state index contributed by atoms with van der Waals surface area (Å²) >= 11 is 12.4. The van der Waals surface area contributed by atoms with Gasteiger partial charge in [0.25, 0.3) is 15.9 Å². The molecule has 0 heterocycles. The van der Waals surface area contributed by atoms with E-state index in [1.54, 1.807) is 49.4 Å². The molecule has 0 aliphatic heterocycles. The van der Waals surface area contributed by atoms with Gasteiger partial charge in [0.1, 0.15) is 5.75 Å². The topological polar surface area (TPSA) is 75.7 Å². The SMILES string of the molecule is COc1ccc(N(C)S(=O)(=O)c2ccc(Cl)c(C(=O)NC(C)c3ccccc3Cl)c2)cc1. The van der Waals surface area contributed by atoms with Gasteiger partial charge in [-0.3, -0.25) is 9.10 Å². The van der Waals surface area contributed by atoms with Crippen LogP contribution in [0.5, 0.6) is 5.75 Å². The largest absolute Gasteiger partial charge is 0.497 e. The highest BCUT2D eigenvalue weighted by molar-refractivity contribution is 7.92. The van der Waals surface area contributed by atoms with Crippen LogP contribution < -0.4 is 14.4 Å². The van der Waals surface area contributed by atoms with Crippen molar-refractivity contribution in [2.45, 2.75) is 17.9 Å². The molecule has 3 rings (SSSR count). The monoisotopic (exact) mass is 492 g/mol. The highest BCUT2D eigenvalue weighted by atomic mass is 35.5. The first-order valence-corrected chi connectivity index (χ1v) is 11.8. The molecule has 32 heavy (non-hydrogen) atoms. The van der Waals surface area contributed by atoms with Crippen molar-refractivity contribution >= 4 is 44.8 Å². The summed E-state index contributed by atoms with van der Waals surface area (Å²) in [5, 5.41) is 3.47. The van der Waals surface area contributed by atoms with Crippen molar-refractivity contribution in [3.63, 3.8) is 0 Å². The van der Waals surface area contributed by atoms with E-state index in [0.29, 0.717) is 16.5 Å². The minimum absolute atomic E-state index is 0.0507. The summed E-state index contributed by atoms with van der Waals surface area (Å²) in [5.74, 6) is 0.101. The molecule has 6 nitrogen and oxygen atoms in total. The van der Waals surface area contributed by atoms with Crippen LogP contribution in [0.2, 0.25) is 10.0 Å². The van der Waals surface area contributed by atoms with Gasteiger partial charge in [-0.2, -0.15) is 0 Å². The zero-order valence-electron chi connectivity index (χ0n) is 17.7. The molecule has 3 aromatic carbocycles. The van der Waals surface area contributed by atoms with Crippen molar-refractivity contribution in [1.82, 2.24) is 5.32 Å². The second kappa shape index (κ2) is 9.81. The smallest absolute Gasteiger partial charge is 0.264 e. The lowest BCUT2D eigenvalue weighted by molar-refractivity contribution is 0.0940. The minimum atomic E-state index is -3.94. The number of benzene rings is 3. The normalized spacial score (nSPS) is 12.2. The predicted octanol–water partition coefficient (Wildman–Crippen LogP) is 5.32. The third kappa shape index (κ3) is 5.01. The van der Waals surface area contributed by atoms with Crippen LogP contribution in [0.1, 0.15) is 28.9 Å². The van der Waals surface area contributed by atoms with Gasteiger partial charge in [0.05, 0.1) is 34.3 Å². The second-order valence-electron chi connectivity index (χ2n) is 7.03. The number of hydrogen-bond donors (Lipinski definition) is 1. The van der Waals surface area contributed by atoms with E-state index in [4.69, 9.17) is 27.9 Å². The van der Waals surface area contributed by atoms with Crippen molar-refractivity contribution in [2.24, 2.45) is 0 Å². The molecule has 1 unspecified atom stereocenters. The Bertz CT molecular complexity index is 1230. The first-order chi connectivity index (χ1) is 15.1. The maximum Gasteiger partial charge on any atom is 0.264 e. The average molecular weight is 493 g/mol.